The van der Waals surface area contributed by atoms with Crippen molar-refractivity contribution in [3.63, 3.8) is 0 Å². The lowest BCUT2D eigenvalue weighted by atomic mass is 10.0. The standard InChI is InChI=1S/C24H22N2O3/c1-24(2,3)29-23(27)26-20-14-17(16-25)13-19(15-20)18-9-11-22(12-10-18)28-21-7-5-4-6-8-21/h4-15H,1-3H3,(H,26,27). The van der Waals surface area contributed by atoms with E-state index in [1.165, 1.54) is 0 Å². The minimum Gasteiger partial charge on any atom is -0.457 e. The van der Waals surface area contributed by atoms with Crippen LogP contribution in [0.3, 0.4) is 0 Å². The van der Waals surface area contributed by atoms with Crippen molar-refractivity contribution in [2.24, 2.45) is 0 Å². The first-order chi connectivity index (χ1) is 13.8. The van der Waals surface area contributed by atoms with Gasteiger partial charge in [-0.3, -0.25) is 5.32 Å². The number of nitriles is 1. The van der Waals surface area contributed by atoms with E-state index >= 15 is 0 Å². The van der Waals surface area contributed by atoms with Gasteiger partial charge in [0.2, 0.25) is 0 Å². The molecule has 0 saturated carbocycles. The van der Waals surface area contributed by atoms with E-state index in [1.807, 2.05) is 54.6 Å². The Labute approximate surface area is 170 Å². The summed E-state index contributed by atoms with van der Waals surface area (Å²) < 4.78 is 11.1. The normalized spacial score (nSPS) is 10.7. The molecule has 0 bridgehead atoms. The SMILES string of the molecule is CC(C)(C)OC(=O)Nc1cc(C#N)cc(-c2ccc(Oc3ccccc3)cc2)c1. The second-order valence-electron chi connectivity index (χ2n) is 7.48. The van der Waals surface area contributed by atoms with Crippen LogP contribution in [0.5, 0.6) is 11.5 Å². The molecule has 0 saturated heterocycles. The predicted octanol–water partition coefficient (Wildman–Crippen LogP) is 6.36. The Morgan fingerprint density at radius 1 is 0.897 bits per heavy atom. The van der Waals surface area contributed by atoms with E-state index in [0.29, 0.717) is 17.0 Å². The molecule has 0 heterocycles. The number of benzene rings is 3. The van der Waals surface area contributed by atoms with E-state index in [9.17, 15) is 10.1 Å². The van der Waals surface area contributed by atoms with Gasteiger partial charge >= 0.3 is 6.09 Å². The molecule has 146 valence electrons. The van der Waals surface area contributed by atoms with Gasteiger partial charge in [-0.25, -0.2) is 4.79 Å². The largest absolute Gasteiger partial charge is 0.457 e. The van der Waals surface area contributed by atoms with Gasteiger partial charge in [0, 0.05) is 5.69 Å². The van der Waals surface area contributed by atoms with Crippen LogP contribution < -0.4 is 10.1 Å². The van der Waals surface area contributed by atoms with Crippen LogP contribution in [0.1, 0.15) is 26.3 Å². The summed E-state index contributed by atoms with van der Waals surface area (Å²) in [7, 11) is 0. The van der Waals surface area contributed by atoms with Gasteiger partial charge in [-0.2, -0.15) is 5.26 Å². The van der Waals surface area contributed by atoms with Crippen molar-refractivity contribution < 1.29 is 14.3 Å². The van der Waals surface area contributed by atoms with Crippen molar-refractivity contribution in [3.05, 3.63) is 78.4 Å². The molecular weight excluding hydrogens is 364 g/mol. The number of para-hydroxylation sites is 1. The Balaban J connectivity index is 1.81. The highest BCUT2D eigenvalue weighted by atomic mass is 16.6. The number of carbonyl (C=O) groups excluding carboxylic acids is 1. The maximum absolute atomic E-state index is 12.1. The Bertz CT molecular complexity index is 1030. The molecule has 0 atom stereocenters. The van der Waals surface area contributed by atoms with Crippen molar-refractivity contribution in [1.29, 1.82) is 5.26 Å². The third-order valence-corrected chi connectivity index (χ3v) is 3.87. The average Bonchev–Trinajstić information content (AvgIpc) is 2.67. The van der Waals surface area contributed by atoms with E-state index in [2.05, 4.69) is 11.4 Å². The first kappa shape index (κ1) is 20.0. The maximum Gasteiger partial charge on any atom is 0.412 e. The zero-order valence-corrected chi connectivity index (χ0v) is 16.6. The van der Waals surface area contributed by atoms with Gasteiger partial charge in [-0.15, -0.1) is 0 Å². The molecule has 0 aliphatic heterocycles. The minimum absolute atomic E-state index is 0.443. The van der Waals surface area contributed by atoms with Crippen LogP contribution >= 0.6 is 0 Å². The highest BCUT2D eigenvalue weighted by Crippen LogP contribution is 2.28. The summed E-state index contributed by atoms with van der Waals surface area (Å²) in [5, 5.41) is 12.0. The first-order valence-electron chi connectivity index (χ1n) is 9.21. The summed E-state index contributed by atoms with van der Waals surface area (Å²) in [5.41, 5.74) is 2.04. The highest BCUT2D eigenvalue weighted by Gasteiger charge is 2.16. The van der Waals surface area contributed by atoms with Crippen LogP contribution in [0, 0.1) is 11.3 Å². The van der Waals surface area contributed by atoms with Crippen LogP contribution in [-0.2, 0) is 4.74 Å². The Hall–Kier alpha value is -3.78. The van der Waals surface area contributed by atoms with E-state index < -0.39 is 11.7 Å². The molecule has 0 spiro atoms. The first-order valence-corrected chi connectivity index (χ1v) is 9.21. The van der Waals surface area contributed by atoms with Crippen molar-refractivity contribution in [2.45, 2.75) is 26.4 Å². The molecule has 3 rings (SSSR count). The van der Waals surface area contributed by atoms with Crippen LogP contribution in [0.15, 0.2) is 72.8 Å². The lowest BCUT2D eigenvalue weighted by Gasteiger charge is -2.20. The Morgan fingerprint density at radius 2 is 1.55 bits per heavy atom. The summed E-state index contributed by atoms with van der Waals surface area (Å²) in [6, 6.07) is 24.4. The number of anilines is 1. The number of amides is 1. The van der Waals surface area contributed by atoms with Gasteiger partial charge in [0.05, 0.1) is 11.6 Å². The number of nitrogens with zero attached hydrogens (tertiary/aromatic N) is 1. The lowest BCUT2D eigenvalue weighted by Crippen LogP contribution is -2.27. The summed E-state index contributed by atoms with van der Waals surface area (Å²) in [4.78, 5) is 12.1. The van der Waals surface area contributed by atoms with Gasteiger partial charge in [0.25, 0.3) is 0 Å². The number of rotatable bonds is 4. The third kappa shape index (κ3) is 5.85. The van der Waals surface area contributed by atoms with Crippen molar-refractivity contribution in [2.75, 3.05) is 5.32 Å². The fourth-order valence-corrected chi connectivity index (χ4v) is 2.69. The van der Waals surface area contributed by atoms with Crippen LogP contribution in [0.4, 0.5) is 10.5 Å². The second kappa shape index (κ2) is 8.49. The van der Waals surface area contributed by atoms with Crippen molar-refractivity contribution in [1.82, 2.24) is 0 Å². The van der Waals surface area contributed by atoms with Crippen LogP contribution in [0.25, 0.3) is 11.1 Å². The number of hydrogen-bond acceptors (Lipinski definition) is 4. The molecule has 29 heavy (non-hydrogen) atoms. The van der Waals surface area contributed by atoms with Crippen LogP contribution in [-0.4, -0.2) is 11.7 Å². The molecule has 0 unspecified atom stereocenters. The summed E-state index contributed by atoms with van der Waals surface area (Å²) in [6.07, 6.45) is -0.565. The molecule has 3 aromatic rings. The van der Waals surface area contributed by atoms with Gasteiger partial charge in [-0.05, 0) is 74.4 Å². The van der Waals surface area contributed by atoms with Gasteiger partial charge in [-0.1, -0.05) is 30.3 Å². The molecule has 0 fully saturated rings. The van der Waals surface area contributed by atoms with E-state index in [0.717, 1.165) is 16.9 Å². The third-order valence-electron chi connectivity index (χ3n) is 3.87. The summed E-state index contributed by atoms with van der Waals surface area (Å²) in [5.74, 6) is 1.47. The smallest absolute Gasteiger partial charge is 0.412 e. The average molecular weight is 386 g/mol. The molecule has 1 N–H and O–H groups in total. The molecular formula is C24H22N2O3. The number of nitrogens with one attached hydrogen (secondary N) is 1. The van der Waals surface area contributed by atoms with E-state index in [4.69, 9.17) is 9.47 Å². The molecule has 5 heteroatoms. The molecule has 0 aliphatic carbocycles. The Kier molecular flexibility index (Phi) is 5.85. The topological polar surface area (TPSA) is 71.3 Å². The molecule has 3 aromatic carbocycles. The quantitative estimate of drug-likeness (QED) is 0.566. The molecule has 1 amide bonds. The van der Waals surface area contributed by atoms with Crippen molar-refractivity contribution >= 4 is 11.8 Å². The van der Waals surface area contributed by atoms with Gasteiger partial charge < -0.3 is 9.47 Å². The number of ether oxygens (including phenoxy) is 2. The Morgan fingerprint density at radius 3 is 2.17 bits per heavy atom. The summed E-state index contributed by atoms with van der Waals surface area (Å²) >= 11 is 0. The summed E-state index contributed by atoms with van der Waals surface area (Å²) in [6.45, 7) is 5.38. The zero-order chi connectivity index (χ0) is 20.9. The van der Waals surface area contributed by atoms with Crippen LogP contribution in [0.2, 0.25) is 0 Å². The predicted molar refractivity (Wildman–Crippen MR) is 113 cm³/mol. The molecule has 0 aliphatic rings. The molecule has 0 aromatic heterocycles. The molecule has 5 nitrogen and oxygen atoms in total. The monoisotopic (exact) mass is 386 g/mol. The maximum atomic E-state index is 12.1. The fraction of sp³-hybridized carbons (Fsp3) is 0.167. The second-order valence-corrected chi connectivity index (χ2v) is 7.48. The van der Waals surface area contributed by atoms with E-state index in [1.54, 1.807) is 39.0 Å². The minimum atomic E-state index is -0.603. The zero-order valence-electron chi connectivity index (χ0n) is 16.6. The highest BCUT2D eigenvalue weighted by molar-refractivity contribution is 5.86. The molecule has 0 radical (unpaired) electrons. The number of carbonyl (C=O) groups is 1. The van der Waals surface area contributed by atoms with Crippen molar-refractivity contribution in [3.8, 4) is 28.7 Å². The lowest BCUT2D eigenvalue weighted by molar-refractivity contribution is 0.0636. The fourth-order valence-electron chi connectivity index (χ4n) is 2.69. The van der Waals surface area contributed by atoms with Gasteiger partial charge in [0.15, 0.2) is 0 Å². The van der Waals surface area contributed by atoms with E-state index in [-0.39, 0.29) is 0 Å². The van der Waals surface area contributed by atoms with Gasteiger partial charge in [0.1, 0.15) is 17.1 Å². The number of hydrogen-bond donors (Lipinski definition) is 1.